The van der Waals surface area contributed by atoms with Crippen LogP contribution in [-0.4, -0.2) is 19.1 Å². The Balaban J connectivity index is 4.37. The number of halogens is 1. The van der Waals surface area contributed by atoms with Gasteiger partial charge in [-0.05, 0) is 6.92 Å². The molecule has 0 aliphatic heterocycles. The number of allylic oxidation sites excluding steroid dienone is 4. The van der Waals surface area contributed by atoms with Crippen LogP contribution >= 0.6 is 11.6 Å². The third-order valence-electron chi connectivity index (χ3n) is 2.22. The van der Waals surface area contributed by atoms with Crippen molar-refractivity contribution < 1.29 is 4.74 Å². The van der Waals surface area contributed by atoms with Gasteiger partial charge in [0.05, 0.1) is 6.61 Å². The van der Waals surface area contributed by atoms with Gasteiger partial charge in [0.1, 0.15) is 6.61 Å². The molecule has 88 valence electrons. The van der Waals surface area contributed by atoms with Crippen molar-refractivity contribution in [3.05, 3.63) is 36.0 Å². The molecule has 0 fully saturated rings. The number of alkyl halides is 1. The Morgan fingerprint density at radius 2 is 2.25 bits per heavy atom. The van der Waals surface area contributed by atoms with E-state index in [0.717, 1.165) is 11.1 Å². The third kappa shape index (κ3) is 6.50. The van der Waals surface area contributed by atoms with Crippen molar-refractivity contribution in [2.45, 2.75) is 13.8 Å². The number of ether oxygens (including phenoxy) is 1. The van der Waals surface area contributed by atoms with E-state index in [1.807, 2.05) is 25.2 Å². The van der Waals surface area contributed by atoms with Crippen LogP contribution in [0.4, 0.5) is 0 Å². The standard InChI is InChI=1S/C14H19ClO/c1-5-9-16-11-13(4)14(10-15)8-7-12(3)6-2/h1,6-8,13H,2,9-11H2,3-4H3/b12-7-,14-8-. The summed E-state index contributed by atoms with van der Waals surface area (Å²) < 4.78 is 5.28. The van der Waals surface area contributed by atoms with Gasteiger partial charge in [0, 0.05) is 11.8 Å². The summed E-state index contributed by atoms with van der Waals surface area (Å²) in [4.78, 5) is 0. The molecule has 0 amide bonds. The van der Waals surface area contributed by atoms with Gasteiger partial charge < -0.3 is 4.74 Å². The van der Waals surface area contributed by atoms with Gasteiger partial charge in [-0.1, -0.05) is 48.8 Å². The Morgan fingerprint density at radius 1 is 1.56 bits per heavy atom. The summed E-state index contributed by atoms with van der Waals surface area (Å²) in [6, 6.07) is 0. The first-order chi connectivity index (χ1) is 7.65. The van der Waals surface area contributed by atoms with Crippen molar-refractivity contribution in [3.63, 3.8) is 0 Å². The van der Waals surface area contributed by atoms with E-state index in [2.05, 4.69) is 19.4 Å². The fourth-order valence-corrected chi connectivity index (χ4v) is 1.40. The molecule has 0 heterocycles. The van der Waals surface area contributed by atoms with E-state index in [4.69, 9.17) is 22.8 Å². The Labute approximate surface area is 104 Å². The fourth-order valence-electron chi connectivity index (χ4n) is 1.05. The molecule has 0 aliphatic rings. The zero-order valence-corrected chi connectivity index (χ0v) is 10.8. The first-order valence-corrected chi connectivity index (χ1v) is 5.76. The minimum Gasteiger partial charge on any atom is -0.368 e. The second-order valence-corrected chi connectivity index (χ2v) is 3.88. The summed E-state index contributed by atoms with van der Waals surface area (Å²) >= 11 is 5.88. The molecule has 0 saturated carbocycles. The molecule has 0 bridgehead atoms. The van der Waals surface area contributed by atoms with Gasteiger partial charge >= 0.3 is 0 Å². The molecule has 1 nitrogen and oxygen atoms in total. The molecule has 2 heteroatoms. The molecule has 0 aromatic rings. The molecule has 0 radical (unpaired) electrons. The van der Waals surface area contributed by atoms with E-state index in [1.54, 1.807) is 0 Å². The van der Waals surface area contributed by atoms with Crippen molar-refractivity contribution in [1.29, 1.82) is 0 Å². The van der Waals surface area contributed by atoms with Crippen LogP contribution in [0.3, 0.4) is 0 Å². The second kappa shape index (κ2) is 9.27. The smallest absolute Gasteiger partial charge is 0.107 e. The van der Waals surface area contributed by atoms with Crippen LogP contribution in [0.1, 0.15) is 13.8 Å². The van der Waals surface area contributed by atoms with Gasteiger partial charge in [0.25, 0.3) is 0 Å². The molecule has 0 rings (SSSR count). The first-order valence-electron chi connectivity index (χ1n) is 5.22. The average molecular weight is 239 g/mol. The Morgan fingerprint density at radius 3 is 2.75 bits per heavy atom. The molecule has 0 N–H and O–H groups in total. The highest BCUT2D eigenvalue weighted by atomic mass is 35.5. The van der Waals surface area contributed by atoms with Crippen LogP contribution < -0.4 is 0 Å². The van der Waals surface area contributed by atoms with Gasteiger partial charge in [-0.25, -0.2) is 0 Å². The lowest BCUT2D eigenvalue weighted by molar-refractivity contribution is 0.144. The molecule has 0 aromatic carbocycles. The van der Waals surface area contributed by atoms with E-state index < -0.39 is 0 Å². The highest BCUT2D eigenvalue weighted by Gasteiger charge is 2.06. The molecule has 1 unspecified atom stereocenters. The predicted molar refractivity (Wildman–Crippen MR) is 71.6 cm³/mol. The quantitative estimate of drug-likeness (QED) is 0.285. The van der Waals surface area contributed by atoms with Gasteiger partial charge in [0.2, 0.25) is 0 Å². The summed E-state index contributed by atoms with van der Waals surface area (Å²) in [5, 5.41) is 0. The average Bonchev–Trinajstić information content (AvgIpc) is 2.29. The second-order valence-electron chi connectivity index (χ2n) is 3.61. The molecule has 1 atom stereocenters. The number of rotatable bonds is 7. The highest BCUT2D eigenvalue weighted by molar-refractivity contribution is 6.19. The summed E-state index contributed by atoms with van der Waals surface area (Å²) in [6.45, 7) is 8.71. The van der Waals surface area contributed by atoms with Crippen LogP contribution in [-0.2, 0) is 4.74 Å². The monoisotopic (exact) mass is 238 g/mol. The molecule has 0 spiro atoms. The molecule has 0 aromatic heterocycles. The Kier molecular flexibility index (Phi) is 8.71. The van der Waals surface area contributed by atoms with E-state index in [1.165, 1.54) is 0 Å². The fraction of sp³-hybridized carbons (Fsp3) is 0.429. The first kappa shape index (κ1) is 15.0. The van der Waals surface area contributed by atoms with Gasteiger partial charge in [-0.2, -0.15) is 0 Å². The van der Waals surface area contributed by atoms with E-state index in [-0.39, 0.29) is 5.92 Å². The Hall–Kier alpha value is -0.970. The SMILES string of the molecule is C#CCOCC(C)/C(=C\C=C(\C)C=C)CCl. The van der Waals surface area contributed by atoms with Crippen molar-refractivity contribution in [3.8, 4) is 12.3 Å². The van der Waals surface area contributed by atoms with Crippen LogP contribution in [0.15, 0.2) is 36.0 Å². The summed E-state index contributed by atoms with van der Waals surface area (Å²) in [6.07, 6.45) is 10.9. The van der Waals surface area contributed by atoms with E-state index in [0.29, 0.717) is 19.1 Å². The maximum atomic E-state index is 5.88. The van der Waals surface area contributed by atoms with Gasteiger partial charge in [0.15, 0.2) is 0 Å². The van der Waals surface area contributed by atoms with Crippen molar-refractivity contribution >= 4 is 11.6 Å². The molecular formula is C14H19ClO. The van der Waals surface area contributed by atoms with Gasteiger partial charge in [-0.15, -0.1) is 18.0 Å². The zero-order valence-electron chi connectivity index (χ0n) is 10.0. The minimum atomic E-state index is 0.278. The lowest BCUT2D eigenvalue weighted by atomic mass is 10.0. The van der Waals surface area contributed by atoms with E-state index in [9.17, 15) is 0 Å². The molecule has 0 aliphatic carbocycles. The zero-order chi connectivity index (χ0) is 12.4. The van der Waals surface area contributed by atoms with E-state index >= 15 is 0 Å². The predicted octanol–water partition coefficient (Wildman–Crippen LogP) is 3.57. The summed E-state index contributed by atoms with van der Waals surface area (Å²) in [7, 11) is 0. The van der Waals surface area contributed by atoms with Crippen LogP contribution in [0, 0.1) is 18.3 Å². The third-order valence-corrected chi connectivity index (χ3v) is 2.53. The lowest BCUT2D eigenvalue weighted by Gasteiger charge is -2.12. The highest BCUT2D eigenvalue weighted by Crippen LogP contribution is 2.13. The summed E-state index contributed by atoms with van der Waals surface area (Å²) in [5.74, 6) is 3.22. The number of terminal acetylenes is 1. The lowest BCUT2D eigenvalue weighted by Crippen LogP contribution is -2.10. The van der Waals surface area contributed by atoms with Crippen LogP contribution in [0.25, 0.3) is 0 Å². The largest absolute Gasteiger partial charge is 0.368 e. The van der Waals surface area contributed by atoms with Crippen LogP contribution in [0.5, 0.6) is 0 Å². The molecule has 0 saturated heterocycles. The minimum absolute atomic E-state index is 0.278. The maximum absolute atomic E-state index is 5.88. The molecular weight excluding hydrogens is 220 g/mol. The maximum Gasteiger partial charge on any atom is 0.107 e. The Bertz CT molecular complexity index is 307. The summed E-state index contributed by atoms with van der Waals surface area (Å²) in [5.41, 5.74) is 2.25. The topological polar surface area (TPSA) is 9.23 Å². The van der Waals surface area contributed by atoms with Crippen molar-refractivity contribution in [2.75, 3.05) is 19.1 Å². The number of hydrogen-bond acceptors (Lipinski definition) is 1. The van der Waals surface area contributed by atoms with Gasteiger partial charge in [-0.3, -0.25) is 0 Å². The molecule has 16 heavy (non-hydrogen) atoms. The van der Waals surface area contributed by atoms with Crippen LogP contribution in [0.2, 0.25) is 0 Å². The van der Waals surface area contributed by atoms with Crippen molar-refractivity contribution in [1.82, 2.24) is 0 Å². The number of hydrogen-bond donors (Lipinski definition) is 0. The van der Waals surface area contributed by atoms with Crippen molar-refractivity contribution in [2.24, 2.45) is 5.92 Å². The normalized spacial score (nSPS) is 14.4.